The number of amides is 1. The third kappa shape index (κ3) is 4.41. The number of nitriles is 1. The minimum Gasteiger partial charge on any atom is -0.444 e. The van der Waals surface area contributed by atoms with Crippen LogP contribution in [0.1, 0.15) is 40.2 Å². The average Bonchev–Trinajstić information content (AvgIpc) is 2.90. The van der Waals surface area contributed by atoms with Crippen LogP contribution in [0.15, 0.2) is 12.3 Å². The Labute approximate surface area is 162 Å². The number of carbonyl (C=O) groups excluding carboxylic acids is 1. The summed E-state index contributed by atoms with van der Waals surface area (Å²) < 4.78 is 17.0. The first-order valence-corrected chi connectivity index (χ1v) is 9.46. The Morgan fingerprint density at radius 2 is 2.07 bits per heavy atom. The molecular weight excluding hydrogens is 365 g/mol. The molecule has 27 heavy (non-hydrogen) atoms. The molecule has 3 heterocycles. The number of thiophene rings is 1. The number of aromatic nitrogens is 1. The van der Waals surface area contributed by atoms with Crippen LogP contribution in [0.4, 0.5) is 9.80 Å². The van der Waals surface area contributed by atoms with Crippen molar-refractivity contribution in [2.45, 2.75) is 40.2 Å². The Kier molecular flexibility index (Phi) is 5.17. The standard InChI is InChI=1S/C18H22BN3O4S/c1-17(2,3)26-16(23)22-14-11(8-20)13-12(6-7-21-15(13)27-14)19-24-9-18(4,5)10-25-19/h6-7H,9-10H2,1-5H3,(H,22,23). The summed E-state index contributed by atoms with van der Waals surface area (Å²) in [6.45, 7) is 10.6. The van der Waals surface area contributed by atoms with E-state index in [9.17, 15) is 10.1 Å². The van der Waals surface area contributed by atoms with E-state index in [-0.39, 0.29) is 5.41 Å². The fourth-order valence-corrected chi connectivity index (χ4v) is 3.72. The van der Waals surface area contributed by atoms with E-state index in [1.807, 2.05) is 0 Å². The van der Waals surface area contributed by atoms with E-state index in [1.54, 1.807) is 33.0 Å². The zero-order chi connectivity index (χ0) is 19.8. The van der Waals surface area contributed by atoms with Crippen LogP contribution in [-0.2, 0) is 14.0 Å². The van der Waals surface area contributed by atoms with Gasteiger partial charge in [-0.25, -0.2) is 9.78 Å². The SMILES string of the molecule is CC1(C)COB(c2ccnc3sc(NC(=O)OC(C)(C)C)c(C#N)c23)OC1. The lowest BCUT2D eigenvalue weighted by Gasteiger charge is -2.33. The molecule has 2 aromatic rings. The molecule has 1 aliphatic rings. The van der Waals surface area contributed by atoms with E-state index in [0.717, 1.165) is 5.46 Å². The topological polar surface area (TPSA) is 93.5 Å². The zero-order valence-corrected chi connectivity index (χ0v) is 16.9. The number of nitrogens with zero attached hydrogens (tertiary/aromatic N) is 2. The molecule has 0 radical (unpaired) electrons. The van der Waals surface area contributed by atoms with Crippen LogP contribution in [0.5, 0.6) is 0 Å². The number of carbonyl (C=O) groups is 1. The molecule has 0 bridgehead atoms. The van der Waals surface area contributed by atoms with Crippen LogP contribution in [0.2, 0.25) is 0 Å². The monoisotopic (exact) mass is 387 g/mol. The summed E-state index contributed by atoms with van der Waals surface area (Å²) in [5.74, 6) is 0. The van der Waals surface area contributed by atoms with Gasteiger partial charge in [-0.3, -0.25) is 5.32 Å². The van der Waals surface area contributed by atoms with Crippen LogP contribution < -0.4 is 10.8 Å². The number of anilines is 1. The summed E-state index contributed by atoms with van der Waals surface area (Å²) >= 11 is 1.22. The van der Waals surface area contributed by atoms with Crippen molar-refractivity contribution in [3.8, 4) is 6.07 Å². The summed E-state index contributed by atoms with van der Waals surface area (Å²) in [4.78, 5) is 17.1. The Morgan fingerprint density at radius 3 is 2.67 bits per heavy atom. The molecule has 2 aromatic heterocycles. The molecule has 1 fully saturated rings. The molecule has 0 spiro atoms. The molecule has 1 N–H and O–H groups in total. The van der Waals surface area contributed by atoms with Crippen molar-refractivity contribution in [2.24, 2.45) is 5.41 Å². The van der Waals surface area contributed by atoms with Gasteiger partial charge in [-0.1, -0.05) is 25.2 Å². The third-order valence-electron chi connectivity index (χ3n) is 3.86. The van der Waals surface area contributed by atoms with Gasteiger partial charge in [-0.2, -0.15) is 5.26 Å². The van der Waals surface area contributed by atoms with Gasteiger partial charge in [0.25, 0.3) is 0 Å². The first-order chi connectivity index (χ1) is 12.6. The van der Waals surface area contributed by atoms with E-state index < -0.39 is 18.8 Å². The van der Waals surface area contributed by atoms with Crippen LogP contribution in [0.25, 0.3) is 10.2 Å². The Balaban J connectivity index is 1.95. The largest absolute Gasteiger partial charge is 0.494 e. The first kappa shape index (κ1) is 19.6. The van der Waals surface area contributed by atoms with Gasteiger partial charge in [-0.05, 0) is 32.3 Å². The van der Waals surface area contributed by atoms with Crippen molar-refractivity contribution >= 4 is 45.2 Å². The second-order valence-corrected chi connectivity index (χ2v) is 9.24. The number of hydrogen-bond donors (Lipinski definition) is 1. The van der Waals surface area contributed by atoms with Crippen molar-refractivity contribution in [1.82, 2.24) is 4.98 Å². The van der Waals surface area contributed by atoms with E-state index >= 15 is 0 Å². The Morgan fingerprint density at radius 1 is 1.41 bits per heavy atom. The molecule has 142 valence electrons. The summed E-state index contributed by atoms with van der Waals surface area (Å²) in [7, 11) is -0.570. The predicted molar refractivity (Wildman–Crippen MR) is 105 cm³/mol. The van der Waals surface area contributed by atoms with Crippen LogP contribution in [0.3, 0.4) is 0 Å². The maximum Gasteiger partial charge on any atom is 0.494 e. The fraction of sp³-hybridized carbons (Fsp3) is 0.500. The molecule has 7 nitrogen and oxygen atoms in total. The molecule has 0 saturated carbocycles. The minimum absolute atomic E-state index is 0.0568. The molecule has 9 heteroatoms. The Bertz CT molecular complexity index is 904. The normalized spacial score (nSPS) is 16.8. The molecule has 0 aromatic carbocycles. The van der Waals surface area contributed by atoms with Gasteiger partial charge in [0, 0.05) is 30.2 Å². The zero-order valence-electron chi connectivity index (χ0n) is 16.1. The average molecular weight is 387 g/mol. The van der Waals surface area contributed by atoms with Crippen LogP contribution in [-0.4, -0.2) is 37.0 Å². The lowest BCUT2D eigenvalue weighted by Crippen LogP contribution is -2.47. The number of pyridine rings is 1. The van der Waals surface area contributed by atoms with E-state index in [0.29, 0.717) is 34.0 Å². The molecule has 1 amide bonds. The highest BCUT2D eigenvalue weighted by Crippen LogP contribution is 2.34. The number of ether oxygens (including phenoxy) is 1. The van der Waals surface area contributed by atoms with Crippen molar-refractivity contribution in [3.05, 3.63) is 17.8 Å². The highest BCUT2D eigenvalue weighted by molar-refractivity contribution is 7.23. The summed E-state index contributed by atoms with van der Waals surface area (Å²) in [5.41, 5.74) is 0.383. The second kappa shape index (κ2) is 7.11. The highest BCUT2D eigenvalue weighted by Gasteiger charge is 2.36. The summed E-state index contributed by atoms with van der Waals surface area (Å²) in [6.07, 6.45) is 1.04. The lowest BCUT2D eigenvalue weighted by atomic mass is 9.74. The van der Waals surface area contributed by atoms with Gasteiger partial charge >= 0.3 is 13.2 Å². The fourth-order valence-electron chi connectivity index (χ4n) is 2.71. The first-order valence-electron chi connectivity index (χ1n) is 8.64. The molecule has 1 aliphatic heterocycles. The molecule has 1 saturated heterocycles. The predicted octanol–water partition coefficient (Wildman–Crippen LogP) is 3.28. The van der Waals surface area contributed by atoms with Gasteiger partial charge in [-0.15, -0.1) is 0 Å². The van der Waals surface area contributed by atoms with E-state index in [4.69, 9.17) is 14.0 Å². The Hall–Kier alpha value is -2.15. The minimum atomic E-state index is -0.631. The smallest absolute Gasteiger partial charge is 0.444 e. The quantitative estimate of drug-likeness (QED) is 0.795. The van der Waals surface area contributed by atoms with Crippen molar-refractivity contribution in [3.63, 3.8) is 0 Å². The van der Waals surface area contributed by atoms with Crippen molar-refractivity contribution in [1.29, 1.82) is 5.26 Å². The second-order valence-electron chi connectivity index (χ2n) is 8.24. The van der Waals surface area contributed by atoms with Crippen LogP contribution >= 0.6 is 11.3 Å². The van der Waals surface area contributed by atoms with Gasteiger partial charge in [0.2, 0.25) is 0 Å². The van der Waals surface area contributed by atoms with Gasteiger partial charge < -0.3 is 14.0 Å². The van der Waals surface area contributed by atoms with E-state index in [1.165, 1.54) is 11.3 Å². The van der Waals surface area contributed by atoms with Gasteiger partial charge in [0.1, 0.15) is 21.5 Å². The summed E-state index contributed by atoms with van der Waals surface area (Å²) in [5, 5.41) is 13.4. The maximum atomic E-state index is 12.1. The molecule has 3 rings (SSSR count). The van der Waals surface area contributed by atoms with Crippen molar-refractivity contribution in [2.75, 3.05) is 18.5 Å². The van der Waals surface area contributed by atoms with E-state index in [2.05, 4.69) is 30.2 Å². The van der Waals surface area contributed by atoms with Crippen molar-refractivity contribution < 1.29 is 18.8 Å². The number of hydrogen-bond acceptors (Lipinski definition) is 7. The third-order valence-corrected chi connectivity index (χ3v) is 4.87. The van der Waals surface area contributed by atoms with Gasteiger partial charge in [0.05, 0.1) is 5.56 Å². The number of fused-ring (bicyclic) bond motifs is 1. The number of rotatable bonds is 2. The maximum absolute atomic E-state index is 12.1. The number of nitrogens with one attached hydrogen (secondary N) is 1. The molecule has 0 aliphatic carbocycles. The highest BCUT2D eigenvalue weighted by atomic mass is 32.1. The molecule has 0 unspecified atom stereocenters. The van der Waals surface area contributed by atoms with Gasteiger partial charge in [0.15, 0.2) is 0 Å². The van der Waals surface area contributed by atoms with Crippen LogP contribution in [0, 0.1) is 16.7 Å². The lowest BCUT2D eigenvalue weighted by molar-refractivity contribution is 0.0344. The molecule has 0 atom stereocenters. The summed E-state index contributed by atoms with van der Waals surface area (Å²) in [6, 6.07) is 3.96. The molecular formula is C18H22BN3O4S.